The van der Waals surface area contributed by atoms with Gasteiger partial charge in [0.2, 0.25) is 0 Å². The van der Waals surface area contributed by atoms with E-state index in [1.54, 1.807) is 0 Å². The summed E-state index contributed by atoms with van der Waals surface area (Å²) in [5, 5.41) is 14.0. The van der Waals surface area contributed by atoms with Crippen molar-refractivity contribution in [3.8, 4) is 16.8 Å². The molecular formula is C24H23N7. The number of benzene rings is 2. The van der Waals surface area contributed by atoms with Crippen LogP contribution in [-0.2, 0) is 0 Å². The van der Waals surface area contributed by atoms with Crippen LogP contribution in [0.4, 0.5) is 5.82 Å². The van der Waals surface area contributed by atoms with Gasteiger partial charge < -0.3 is 11.1 Å². The van der Waals surface area contributed by atoms with Crippen LogP contribution < -0.4 is 11.1 Å². The van der Waals surface area contributed by atoms with Gasteiger partial charge in [0.25, 0.3) is 0 Å². The number of fused-ring (bicyclic) bond motifs is 2. The molecule has 1 atom stereocenters. The van der Waals surface area contributed by atoms with Crippen molar-refractivity contribution < 1.29 is 0 Å². The molecule has 1 aliphatic rings. The van der Waals surface area contributed by atoms with Gasteiger partial charge in [0.15, 0.2) is 5.82 Å². The minimum Gasteiger partial charge on any atom is -0.382 e. The molecule has 0 spiro atoms. The van der Waals surface area contributed by atoms with Gasteiger partial charge in [0.05, 0.1) is 11.2 Å². The van der Waals surface area contributed by atoms with Gasteiger partial charge in [-0.3, -0.25) is 0 Å². The summed E-state index contributed by atoms with van der Waals surface area (Å²) in [7, 11) is 0. The van der Waals surface area contributed by atoms with E-state index in [9.17, 15) is 0 Å². The van der Waals surface area contributed by atoms with Gasteiger partial charge in [0, 0.05) is 35.3 Å². The summed E-state index contributed by atoms with van der Waals surface area (Å²) in [5.74, 6) is 0.903. The molecule has 154 valence electrons. The number of nitrogens with one attached hydrogen (secondary N) is 1. The van der Waals surface area contributed by atoms with Crippen LogP contribution in [0, 0.1) is 0 Å². The number of rotatable bonds is 3. The average molecular weight is 409 g/mol. The highest BCUT2D eigenvalue weighted by molar-refractivity contribution is 5.92. The van der Waals surface area contributed by atoms with E-state index >= 15 is 0 Å². The first-order chi connectivity index (χ1) is 15.3. The summed E-state index contributed by atoms with van der Waals surface area (Å²) in [6.45, 7) is 2.03. The normalized spacial score (nSPS) is 16.8. The van der Waals surface area contributed by atoms with E-state index in [1.807, 2.05) is 27.4 Å². The van der Waals surface area contributed by atoms with Gasteiger partial charge in [-0.15, -0.1) is 0 Å². The monoisotopic (exact) mass is 409 g/mol. The molecule has 31 heavy (non-hydrogen) atoms. The van der Waals surface area contributed by atoms with Crippen LogP contribution in [0.15, 0.2) is 67.1 Å². The minimum atomic E-state index is 0.408. The smallest absolute Gasteiger partial charge is 0.151 e. The molecule has 0 aliphatic carbocycles. The lowest BCUT2D eigenvalue weighted by molar-refractivity contribution is 0.449. The number of aromatic nitrogens is 5. The SMILES string of the molecule is Nc1ncnn2c(C3CCCNC3)cc(-c3ccc4cn(-c5ccccc5)nc4c3)c12. The van der Waals surface area contributed by atoms with E-state index in [2.05, 4.69) is 58.0 Å². The molecule has 0 radical (unpaired) electrons. The maximum atomic E-state index is 6.32. The largest absolute Gasteiger partial charge is 0.382 e. The second-order valence-corrected chi connectivity index (χ2v) is 8.11. The topological polar surface area (TPSA) is 86.1 Å². The lowest BCUT2D eigenvalue weighted by Gasteiger charge is -2.22. The number of piperidine rings is 1. The van der Waals surface area contributed by atoms with Crippen LogP contribution >= 0.6 is 0 Å². The third kappa shape index (κ3) is 3.05. The Morgan fingerprint density at radius 2 is 1.97 bits per heavy atom. The fraction of sp³-hybridized carbons (Fsp3) is 0.208. The highest BCUT2D eigenvalue weighted by Crippen LogP contribution is 2.36. The zero-order chi connectivity index (χ0) is 20.8. The van der Waals surface area contributed by atoms with Gasteiger partial charge in [-0.2, -0.15) is 10.2 Å². The maximum absolute atomic E-state index is 6.32. The van der Waals surface area contributed by atoms with Crippen molar-refractivity contribution in [1.29, 1.82) is 0 Å². The van der Waals surface area contributed by atoms with Crippen molar-refractivity contribution in [2.75, 3.05) is 18.8 Å². The van der Waals surface area contributed by atoms with Crippen LogP contribution in [0.5, 0.6) is 0 Å². The average Bonchev–Trinajstić information content (AvgIpc) is 3.42. The summed E-state index contributed by atoms with van der Waals surface area (Å²) >= 11 is 0. The summed E-state index contributed by atoms with van der Waals surface area (Å²) in [4.78, 5) is 4.27. The van der Waals surface area contributed by atoms with Gasteiger partial charge in [0.1, 0.15) is 11.8 Å². The van der Waals surface area contributed by atoms with E-state index in [0.29, 0.717) is 11.7 Å². The first kappa shape index (κ1) is 18.1. The molecule has 2 aromatic carbocycles. The fourth-order valence-corrected chi connectivity index (χ4v) is 4.60. The van der Waals surface area contributed by atoms with Crippen molar-refractivity contribution in [2.24, 2.45) is 0 Å². The molecule has 1 unspecified atom stereocenters. The quantitative estimate of drug-likeness (QED) is 0.474. The molecule has 1 aliphatic heterocycles. The third-order valence-corrected chi connectivity index (χ3v) is 6.16. The Labute approximate surface area is 179 Å². The van der Waals surface area contributed by atoms with E-state index in [4.69, 9.17) is 10.8 Å². The van der Waals surface area contributed by atoms with Gasteiger partial charge in [-0.25, -0.2) is 14.2 Å². The Morgan fingerprint density at radius 3 is 2.81 bits per heavy atom. The Bertz CT molecular complexity index is 1380. The maximum Gasteiger partial charge on any atom is 0.151 e. The van der Waals surface area contributed by atoms with Gasteiger partial charge in [-0.1, -0.05) is 30.3 Å². The fourth-order valence-electron chi connectivity index (χ4n) is 4.60. The number of anilines is 1. The highest BCUT2D eigenvalue weighted by atomic mass is 15.3. The van der Waals surface area contributed by atoms with Crippen LogP contribution in [0.3, 0.4) is 0 Å². The Balaban J connectivity index is 1.50. The number of hydrogen-bond acceptors (Lipinski definition) is 5. The highest BCUT2D eigenvalue weighted by Gasteiger charge is 2.23. The molecule has 3 N–H and O–H groups in total. The molecule has 6 rings (SSSR count). The van der Waals surface area contributed by atoms with Gasteiger partial charge in [-0.05, 0) is 49.2 Å². The van der Waals surface area contributed by atoms with Crippen molar-refractivity contribution in [3.05, 3.63) is 72.8 Å². The molecule has 0 bridgehead atoms. The number of nitrogens with two attached hydrogens (primary N) is 1. The van der Waals surface area contributed by atoms with E-state index in [1.165, 1.54) is 12.0 Å². The summed E-state index contributed by atoms with van der Waals surface area (Å²) in [5.41, 5.74) is 12.5. The molecule has 7 heteroatoms. The van der Waals surface area contributed by atoms with E-state index in [-0.39, 0.29) is 0 Å². The zero-order valence-electron chi connectivity index (χ0n) is 17.1. The first-order valence-electron chi connectivity index (χ1n) is 10.7. The van der Waals surface area contributed by atoms with Crippen molar-refractivity contribution in [3.63, 3.8) is 0 Å². The van der Waals surface area contributed by atoms with E-state index in [0.717, 1.165) is 59.2 Å². The molecule has 4 heterocycles. The molecule has 7 nitrogen and oxygen atoms in total. The molecule has 0 saturated carbocycles. The minimum absolute atomic E-state index is 0.408. The molecular weight excluding hydrogens is 386 g/mol. The zero-order valence-corrected chi connectivity index (χ0v) is 17.1. The van der Waals surface area contributed by atoms with Gasteiger partial charge >= 0.3 is 0 Å². The van der Waals surface area contributed by atoms with Crippen LogP contribution in [-0.4, -0.2) is 37.5 Å². The molecule has 1 fully saturated rings. The standard InChI is InChI=1S/C24H23N7/c25-24-23-20(12-22(31(23)28-15-27-24)17-5-4-10-26-13-17)16-8-9-18-14-30(29-21(18)11-16)19-6-2-1-3-7-19/h1-3,6-9,11-12,14-15,17,26H,4-5,10,13H2,(H2,25,27,28). The van der Waals surface area contributed by atoms with Crippen LogP contribution in [0.25, 0.3) is 33.2 Å². The lowest BCUT2D eigenvalue weighted by Crippen LogP contribution is -2.29. The Hall–Kier alpha value is -3.71. The Morgan fingerprint density at radius 1 is 1.06 bits per heavy atom. The number of hydrogen-bond donors (Lipinski definition) is 2. The first-order valence-corrected chi connectivity index (χ1v) is 10.7. The number of nitrogens with zero attached hydrogens (tertiary/aromatic N) is 5. The predicted octanol–water partition coefficient (Wildman–Crippen LogP) is 3.78. The number of para-hydroxylation sites is 1. The third-order valence-electron chi connectivity index (χ3n) is 6.16. The predicted molar refractivity (Wildman–Crippen MR) is 122 cm³/mol. The Kier molecular flexibility index (Phi) is 4.21. The molecule has 5 aromatic rings. The van der Waals surface area contributed by atoms with Crippen LogP contribution in [0.2, 0.25) is 0 Å². The second kappa shape index (κ2) is 7.21. The molecule has 3 aromatic heterocycles. The summed E-state index contributed by atoms with van der Waals surface area (Å²) in [6.07, 6.45) is 5.90. The molecule has 0 amide bonds. The number of nitrogen functional groups attached to an aromatic ring is 1. The summed E-state index contributed by atoms with van der Waals surface area (Å²) < 4.78 is 3.89. The molecule has 1 saturated heterocycles. The van der Waals surface area contributed by atoms with E-state index < -0.39 is 0 Å². The lowest BCUT2D eigenvalue weighted by atomic mass is 9.95. The summed E-state index contributed by atoms with van der Waals surface area (Å²) in [6, 6.07) is 18.7. The van der Waals surface area contributed by atoms with Crippen molar-refractivity contribution in [1.82, 2.24) is 29.7 Å². The van der Waals surface area contributed by atoms with Crippen molar-refractivity contribution >= 4 is 22.2 Å². The van der Waals surface area contributed by atoms with Crippen molar-refractivity contribution in [2.45, 2.75) is 18.8 Å². The van der Waals surface area contributed by atoms with Crippen LogP contribution in [0.1, 0.15) is 24.5 Å². The second-order valence-electron chi connectivity index (χ2n) is 8.11.